The van der Waals surface area contributed by atoms with Crippen molar-refractivity contribution in [1.82, 2.24) is 5.32 Å². The van der Waals surface area contributed by atoms with Crippen LogP contribution in [0.4, 0.5) is 11.4 Å². The maximum absolute atomic E-state index is 13.8. The number of hydrogen-bond donors (Lipinski definition) is 3. The van der Waals surface area contributed by atoms with Crippen molar-refractivity contribution in [2.75, 3.05) is 24.9 Å². The molecule has 0 aliphatic heterocycles. The number of para-hydroxylation sites is 1. The van der Waals surface area contributed by atoms with Gasteiger partial charge in [0, 0.05) is 27.4 Å². The van der Waals surface area contributed by atoms with Crippen molar-refractivity contribution in [3.05, 3.63) is 155 Å². The lowest BCUT2D eigenvalue weighted by molar-refractivity contribution is -0.116. The highest BCUT2D eigenvalue weighted by atomic mass is 32.2. The van der Waals surface area contributed by atoms with Gasteiger partial charge < -0.3 is 25.4 Å². The molecule has 0 aromatic heterocycles. The summed E-state index contributed by atoms with van der Waals surface area (Å²) in [5, 5.41) is 8.21. The van der Waals surface area contributed by atoms with Crippen LogP contribution in [0.25, 0.3) is 6.08 Å². The van der Waals surface area contributed by atoms with E-state index in [0.717, 1.165) is 27.3 Å². The highest BCUT2D eigenvalue weighted by Gasteiger charge is 2.23. The zero-order valence-electron chi connectivity index (χ0n) is 27.7. The molecular weight excluding hydrogens is 635 g/mol. The van der Waals surface area contributed by atoms with Crippen molar-refractivity contribution in [2.45, 2.75) is 24.0 Å². The second kappa shape index (κ2) is 16.3. The quantitative estimate of drug-likeness (QED) is 0.0913. The van der Waals surface area contributed by atoms with Gasteiger partial charge in [-0.05, 0) is 79.1 Å². The molecule has 0 heterocycles. The van der Waals surface area contributed by atoms with Crippen molar-refractivity contribution < 1.29 is 23.9 Å². The Morgan fingerprint density at radius 1 is 0.735 bits per heavy atom. The molecule has 0 fully saturated rings. The van der Waals surface area contributed by atoms with Gasteiger partial charge in [0.15, 0.2) is 11.5 Å². The maximum Gasteiger partial charge on any atom is 0.272 e. The average molecular weight is 672 g/mol. The van der Waals surface area contributed by atoms with Gasteiger partial charge in [-0.25, -0.2) is 0 Å². The molecule has 3 N–H and O–H groups in total. The van der Waals surface area contributed by atoms with Gasteiger partial charge in [0.05, 0.1) is 14.2 Å². The maximum atomic E-state index is 13.8. The number of ether oxygens (including phenoxy) is 2. The summed E-state index contributed by atoms with van der Waals surface area (Å²) in [6.45, 7) is 3.94. The van der Waals surface area contributed by atoms with E-state index in [2.05, 4.69) is 16.0 Å². The van der Waals surface area contributed by atoms with Crippen molar-refractivity contribution in [1.29, 1.82) is 0 Å². The van der Waals surface area contributed by atoms with E-state index in [9.17, 15) is 14.4 Å². The molecule has 248 valence electrons. The van der Waals surface area contributed by atoms with E-state index in [4.69, 9.17) is 9.47 Å². The predicted octanol–water partition coefficient (Wildman–Crippen LogP) is 8.20. The van der Waals surface area contributed by atoms with Crippen LogP contribution >= 0.6 is 11.8 Å². The largest absolute Gasteiger partial charge is 0.493 e. The molecule has 5 rings (SSSR count). The van der Waals surface area contributed by atoms with Gasteiger partial charge in [0.2, 0.25) is 5.91 Å². The number of amides is 3. The number of aryl methyl sites for hydroxylation is 2. The average Bonchev–Trinajstić information content (AvgIpc) is 3.12. The van der Waals surface area contributed by atoms with Gasteiger partial charge in [-0.1, -0.05) is 78.9 Å². The first-order chi connectivity index (χ1) is 23.7. The molecule has 0 saturated heterocycles. The van der Waals surface area contributed by atoms with E-state index in [1.807, 2.05) is 74.5 Å². The van der Waals surface area contributed by atoms with Gasteiger partial charge in [0.25, 0.3) is 11.8 Å². The number of carbonyl (C=O) groups is 3. The smallest absolute Gasteiger partial charge is 0.272 e. The minimum absolute atomic E-state index is 0.00599. The SMILES string of the molecule is COc1cccc(/C=C(/NC(=O)c2ccccc2)C(=O)Nc2cccc(SC(C(=O)Nc3cc(C)ccc3C)c3ccccc3)c2)c1OC. The Morgan fingerprint density at radius 3 is 2.16 bits per heavy atom. The van der Waals surface area contributed by atoms with Crippen molar-refractivity contribution in [3.8, 4) is 11.5 Å². The zero-order valence-corrected chi connectivity index (χ0v) is 28.5. The van der Waals surface area contributed by atoms with Gasteiger partial charge >= 0.3 is 0 Å². The number of methoxy groups -OCH3 is 2. The molecule has 0 radical (unpaired) electrons. The van der Waals surface area contributed by atoms with Crippen LogP contribution in [0.1, 0.15) is 37.9 Å². The van der Waals surface area contributed by atoms with Crippen LogP contribution in [0, 0.1) is 13.8 Å². The molecule has 1 atom stereocenters. The van der Waals surface area contributed by atoms with Gasteiger partial charge in [-0.2, -0.15) is 0 Å². The molecule has 0 saturated carbocycles. The lowest BCUT2D eigenvalue weighted by Crippen LogP contribution is -2.30. The minimum Gasteiger partial charge on any atom is -0.493 e. The van der Waals surface area contributed by atoms with Crippen LogP contribution < -0.4 is 25.4 Å². The lowest BCUT2D eigenvalue weighted by Gasteiger charge is -2.19. The van der Waals surface area contributed by atoms with E-state index >= 15 is 0 Å². The first-order valence-corrected chi connectivity index (χ1v) is 16.4. The summed E-state index contributed by atoms with van der Waals surface area (Å²) in [5.41, 5.74) is 5.01. The number of carbonyl (C=O) groups excluding carboxylic acids is 3. The summed E-state index contributed by atoms with van der Waals surface area (Å²) >= 11 is 1.37. The Morgan fingerprint density at radius 2 is 1.45 bits per heavy atom. The number of benzene rings is 5. The first kappa shape index (κ1) is 34.5. The monoisotopic (exact) mass is 671 g/mol. The van der Waals surface area contributed by atoms with E-state index in [1.165, 1.54) is 26.0 Å². The summed E-state index contributed by atoms with van der Waals surface area (Å²) in [7, 11) is 3.03. The Labute approximate surface area is 290 Å². The van der Waals surface area contributed by atoms with Gasteiger partial charge in [-0.3, -0.25) is 14.4 Å². The fraction of sp³-hybridized carbons (Fsp3) is 0.125. The molecule has 49 heavy (non-hydrogen) atoms. The van der Waals surface area contributed by atoms with Gasteiger partial charge in [-0.15, -0.1) is 11.8 Å². The minimum atomic E-state index is -0.576. The highest BCUT2D eigenvalue weighted by molar-refractivity contribution is 8.00. The van der Waals surface area contributed by atoms with E-state index < -0.39 is 17.1 Å². The number of rotatable bonds is 12. The van der Waals surface area contributed by atoms with Gasteiger partial charge in [0.1, 0.15) is 10.9 Å². The first-order valence-electron chi connectivity index (χ1n) is 15.6. The van der Waals surface area contributed by atoms with Crippen molar-refractivity contribution >= 4 is 46.9 Å². The van der Waals surface area contributed by atoms with E-state index in [-0.39, 0.29) is 11.6 Å². The number of nitrogens with one attached hydrogen (secondary N) is 3. The molecule has 0 aliphatic rings. The highest BCUT2D eigenvalue weighted by Crippen LogP contribution is 2.38. The summed E-state index contributed by atoms with van der Waals surface area (Å²) < 4.78 is 11.0. The molecule has 1 unspecified atom stereocenters. The van der Waals surface area contributed by atoms with Crippen molar-refractivity contribution in [3.63, 3.8) is 0 Å². The Bertz CT molecular complexity index is 1980. The van der Waals surface area contributed by atoms with Crippen LogP contribution in [0.2, 0.25) is 0 Å². The molecule has 5 aromatic carbocycles. The summed E-state index contributed by atoms with van der Waals surface area (Å²) in [6, 6.07) is 36.6. The van der Waals surface area contributed by atoms with Crippen LogP contribution in [0.5, 0.6) is 11.5 Å². The van der Waals surface area contributed by atoms with Crippen LogP contribution in [-0.4, -0.2) is 31.9 Å². The molecule has 0 aliphatic carbocycles. The van der Waals surface area contributed by atoms with E-state index in [0.29, 0.717) is 28.3 Å². The molecule has 0 spiro atoms. The summed E-state index contributed by atoms with van der Waals surface area (Å²) in [5.74, 6) is -0.281. The number of thioether (sulfide) groups is 1. The molecule has 0 bridgehead atoms. The topological polar surface area (TPSA) is 106 Å². The third-order valence-electron chi connectivity index (χ3n) is 7.60. The fourth-order valence-electron chi connectivity index (χ4n) is 5.07. The van der Waals surface area contributed by atoms with Crippen LogP contribution in [-0.2, 0) is 9.59 Å². The Balaban J connectivity index is 1.42. The lowest BCUT2D eigenvalue weighted by atomic mass is 10.1. The third-order valence-corrected chi connectivity index (χ3v) is 8.85. The molecule has 5 aromatic rings. The van der Waals surface area contributed by atoms with E-state index in [1.54, 1.807) is 66.7 Å². The Hall–Kier alpha value is -5.80. The van der Waals surface area contributed by atoms with Crippen molar-refractivity contribution in [2.24, 2.45) is 0 Å². The molecule has 8 nitrogen and oxygen atoms in total. The zero-order chi connectivity index (χ0) is 34.8. The molecule has 9 heteroatoms. The number of anilines is 2. The Kier molecular flexibility index (Phi) is 11.5. The van der Waals surface area contributed by atoms with Crippen LogP contribution in [0.3, 0.4) is 0 Å². The standard InChI is InChI=1S/C40H37N3O5S/c1-26-21-22-27(2)33(23-26)42-40(46)37(28-13-7-5-8-14-28)49-32-19-12-18-31(25-32)41-39(45)34(43-38(44)29-15-9-6-10-16-29)24-30-17-11-20-35(47-3)36(30)48-4/h5-25,37H,1-4H3,(H,41,45)(H,42,46)(H,43,44)/b34-24+. The second-order valence-electron chi connectivity index (χ2n) is 11.2. The number of hydrogen-bond acceptors (Lipinski definition) is 6. The predicted molar refractivity (Wildman–Crippen MR) is 196 cm³/mol. The normalized spacial score (nSPS) is 11.6. The molecular formula is C40H37N3O5S. The fourth-order valence-corrected chi connectivity index (χ4v) is 6.16. The molecule has 3 amide bonds. The third kappa shape index (κ3) is 8.97. The summed E-state index contributed by atoms with van der Waals surface area (Å²) in [4.78, 5) is 41.5. The second-order valence-corrected chi connectivity index (χ2v) is 12.3. The van der Waals surface area contributed by atoms with Crippen LogP contribution in [0.15, 0.2) is 132 Å². The summed E-state index contributed by atoms with van der Waals surface area (Å²) in [6.07, 6.45) is 1.54.